The van der Waals surface area contributed by atoms with E-state index in [4.69, 9.17) is 10.3 Å². The lowest BCUT2D eigenvalue weighted by molar-refractivity contribution is 0.122. The highest BCUT2D eigenvalue weighted by molar-refractivity contribution is 4.40. The smallest absolute Gasteiger partial charge is 0.0778 e. The summed E-state index contributed by atoms with van der Waals surface area (Å²) < 4.78 is 0. The van der Waals surface area contributed by atoms with Gasteiger partial charge in [-0.15, -0.1) is 0 Å². The van der Waals surface area contributed by atoms with Crippen molar-refractivity contribution in [1.82, 2.24) is 10.8 Å². The molecule has 4 heteroatoms. The van der Waals surface area contributed by atoms with Gasteiger partial charge in [-0.1, -0.05) is 0 Å². The molecule has 0 rings (SSSR count). The Morgan fingerprint density at radius 3 is 1.75 bits per heavy atom. The fraction of sp³-hybridized carbons (Fsp3) is 1.00. The third-order valence-electron chi connectivity index (χ3n) is 0.627. The maximum absolute atomic E-state index is 8.02. The van der Waals surface area contributed by atoms with Crippen LogP contribution in [-0.4, -0.2) is 30.6 Å². The van der Waals surface area contributed by atoms with E-state index in [2.05, 4.69) is 5.32 Å². The van der Waals surface area contributed by atoms with Gasteiger partial charge in [0.05, 0.1) is 6.17 Å². The maximum Gasteiger partial charge on any atom is 0.0778 e. The zero-order valence-corrected chi connectivity index (χ0v) is 5.47. The first kappa shape index (κ1) is 10.8. The zero-order chi connectivity index (χ0) is 6.99. The minimum atomic E-state index is -0.00926. The predicted octanol–water partition coefficient (Wildman–Crippen LogP) is -0.861. The molecular formula is C4H14N2O2. The largest absolute Gasteiger partial charge is 0.400 e. The third-order valence-corrected chi connectivity index (χ3v) is 0.627. The molecule has 0 heterocycles. The molecule has 1 unspecified atom stereocenters. The van der Waals surface area contributed by atoms with Crippen LogP contribution in [0.4, 0.5) is 0 Å². The van der Waals surface area contributed by atoms with Crippen molar-refractivity contribution in [2.75, 3.05) is 14.2 Å². The molecule has 8 heavy (non-hydrogen) atoms. The number of hydroxylamine groups is 1. The van der Waals surface area contributed by atoms with Gasteiger partial charge in [0.25, 0.3) is 0 Å². The maximum atomic E-state index is 8.02. The molecule has 0 aromatic carbocycles. The zero-order valence-electron chi connectivity index (χ0n) is 5.47. The van der Waals surface area contributed by atoms with E-state index in [1.54, 1.807) is 14.0 Å². The SMILES string of the molecule is CNC(C)NO.CO. The average molecular weight is 122 g/mol. The number of rotatable bonds is 2. The van der Waals surface area contributed by atoms with Gasteiger partial charge in [-0.3, -0.25) is 0 Å². The normalized spacial score (nSPS) is 11.6. The Bertz CT molecular complexity index is 31.2. The number of hydrogen-bond acceptors (Lipinski definition) is 4. The summed E-state index contributed by atoms with van der Waals surface area (Å²) in [6, 6.07) is 0. The van der Waals surface area contributed by atoms with Gasteiger partial charge in [0, 0.05) is 7.11 Å². The Balaban J connectivity index is 0. The van der Waals surface area contributed by atoms with E-state index in [0.29, 0.717) is 0 Å². The van der Waals surface area contributed by atoms with Crippen molar-refractivity contribution in [3.05, 3.63) is 0 Å². The van der Waals surface area contributed by atoms with Gasteiger partial charge in [-0.2, -0.15) is 5.48 Å². The minimum absolute atomic E-state index is 0.00926. The van der Waals surface area contributed by atoms with Crippen molar-refractivity contribution in [3.8, 4) is 0 Å². The fourth-order valence-electron chi connectivity index (χ4n) is 0.0645. The van der Waals surface area contributed by atoms with E-state index >= 15 is 0 Å². The highest BCUT2D eigenvalue weighted by atomic mass is 16.5. The molecule has 0 aliphatic carbocycles. The van der Waals surface area contributed by atoms with Crippen LogP contribution >= 0.6 is 0 Å². The first-order valence-corrected chi connectivity index (χ1v) is 2.33. The fourth-order valence-corrected chi connectivity index (χ4v) is 0.0645. The summed E-state index contributed by atoms with van der Waals surface area (Å²) in [6.07, 6.45) is -0.00926. The van der Waals surface area contributed by atoms with Crippen LogP contribution in [-0.2, 0) is 0 Å². The van der Waals surface area contributed by atoms with E-state index in [1.165, 1.54) is 0 Å². The summed E-state index contributed by atoms with van der Waals surface area (Å²) >= 11 is 0. The molecule has 4 N–H and O–H groups in total. The van der Waals surface area contributed by atoms with Crippen molar-refractivity contribution in [2.24, 2.45) is 0 Å². The second-order valence-electron chi connectivity index (χ2n) is 1.14. The van der Waals surface area contributed by atoms with Crippen LogP contribution in [0.1, 0.15) is 6.92 Å². The average Bonchev–Trinajstić information content (AvgIpc) is 1.91. The molecule has 0 aliphatic heterocycles. The molecule has 0 saturated carbocycles. The Kier molecular flexibility index (Phi) is 13.4. The molecule has 0 aromatic heterocycles. The number of aliphatic hydroxyl groups excluding tert-OH is 1. The van der Waals surface area contributed by atoms with E-state index in [1.807, 2.05) is 5.48 Å². The van der Waals surface area contributed by atoms with E-state index in [9.17, 15) is 0 Å². The first-order chi connectivity index (χ1) is 3.81. The van der Waals surface area contributed by atoms with Gasteiger partial charge in [0.2, 0.25) is 0 Å². The molecule has 0 radical (unpaired) electrons. The van der Waals surface area contributed by atoms with Crippen molar-refractivity contribution in [1.29, 1.82) is 0 Å². The highest BCUT2D eigenvalue weighted by Gasteiger charge is 1.86. The molecule has 1 atom stereocenters. The van der Waals surface area contributed by atoms with Crippen LogP contribution in [0.25, 0.3) is 0 Å². The van der Waals surface area contributed by atoms with E-state index < -0.39 is 0 Å². The predicted molar refractivity (Wildman–Crippen MR) is 31.6 cm³/mol. The monoisotopic (exact) mass is 122 g/mol. The van der Waals surface area contributed by atoms with Crippen LogP contribution in [0.2, 0.25) is 0 Å². The second-order valence-corrected chi connectivity index (χ2v) is 1.14. The van der Waals surface area contributed by atoms with Gasteiger partial charge in [-0.05, 0) is 14.0 Å². The summed E-state index contributed by atoms with van der Waals surface area (Å²) in [6.45, 7) is 1.81. The summed E-state index contributed by atoms with van der Waals surface area (Å²) in [7, 11) is 2.76. The van der Waals surface area contributed by atoms with Crippen molar-refractivity contribution in [2.45, 2.75) is 13.1 Å². The summed E-state index contributed by atoms with van der Waals surface area (Å²) in [5, 5.41) is 17.8. The number of nitrogens with one attached hydrogen (secondary N) is 2. The van der Waals surface area contributed by atoms with E-state index in [0.717, 1.165) is 7.11 Å². The van der Waals surface area contributed by atoms with Crippen molar-refractivity contribution >= 4 is 0 Å². The molecule has 0 bridgehead atoms. The molecule has 0 fully saturated rings. The molecule has 0 spiro atoms. The van der Waals surface area contributed by atoms with Crippen LogP contribution in [0.5, 0.6) is 0 Å². The first-order valence-electron chi connectivity index (χ1n) is 2.33. The van der Waals surface area contributed by atoms with Crippen LogP contribution in [0.3, 0.4) is 0 Å². The van der Waals surface area contributed by atoms with Gasteiger partial charge < -0.3 is 15.6 Å². The Hall–Kier alpha value is -0.160. The lowest BCUT2D eigenvalue weighted by Gasteiger charge is -2.03. The van der Waals surface area contributed by atoms with Gasteiger partial charge >= 0.3 is 0 Å². The number of aliphatic hydroxyl groups is 1. The third kappa shape index (κ3) is 9.28. The summed E-state index contributed by atoms with van der Waals surface area (Å²) in [4.78, 5) is 0. The summed E-state index contributed by atoms with van der Waals surface area (Å²) in [5.41, 5.74) is 2.00. The second kappa shape index (κ2) is 9.96. The lowest BCUT2D eigenvalue weighted by Crippen LogP contribution is -2.34. The van der Waals surface area contributed by atoms with E-state index in [-0.39, 0.29) is 6.17 Å². The Morgan fingerprint density at radius 2 is 1.75 bits per heavy atom. The minimum Gasteiger partial charge on any atom is -0.400 e. The standard InChI is InChI=1S/C3H10N2O.CH4O/c1-3(4-2)5-6;1-2/h3-6H,1-2H3;2H,1H3. The van der Waals surface area contributed by atoms with Crippen molar-refractivity contribution < 1.29 is 10.3 Å². The van der Waals surface area contributed by atoms with Crippen LogP contribution in [0.15, 0.2) is 0 Å². The number of hydrogen-bond donors (Lipinski definition) is 4. The molecule has 4 nitrogen and oxygen atoms in total. The quantitative estimate of drug-likeness (QED) is 0.284. The molecule has 0 aliphatic rings. The van der Waals surface area contributed by atoms with Gasteiger partial charge in [-0.25, -0.2) is 0 Å². The Labute approximate surface area is 49.5 Å². The highest BCUT2D eigenvalue weighted by Crippen LogP contribution is 1.61. The summed E-state index contributed by atoms with van der Waals surface area (Å²) in [5.74, 6) is 0. The van der Waals surface area contributed by atoms with Crippen LogP contribution < -0.4 is 10.8 Å². The van der Waals surface area contributed by atoms with Crippen LogP contribution in [0, 0.1) is 0 Å². The van der Waals surface area contributed by atoms with Gasteiger partial charge in [0.1, 0.15) is 0 Å². The topological polar surface area (TPSA) is 64.5 Å². The van der Waals surface area contributed by atoms with Crippen molar-refractivity contribution in [3.63, 3.8) is 0 Å². The molecule has 52 valence electrons. The molecule has 0 aromatic rings. The Morgan fingerprint density at radius 1 is 1.38 bits per heavy atom. The molecule has 0 amide bonds. The molecular weight excluding hydrogens is 108 g/mol. The molecule has 0 saturated heterocycles. The van der Waals surface area contributed by atoms with Gasteiger partial charge in [0.15, 0.2) is 0 Å². The lowest BCUT2D eigenvalue weighted by atomic mass is 10.6.